The molecule has 122 valence electrons. The fourth-order valence-corrected chi connectivity index (χ4v) is 3.09. The molecule has 0 spiro atoms. The van der Waals surface area contributed by atoms with E-state index < -0.39 is 0 Å². The van der Waals surface area contributed by atoms with Gasteiger partial charge in [-0.3, -0.25) is 4.98 Å². The highest BCUT2D eigenvalue weighted by atomic mass is 15.1. The maximum Gasteiger partial charge on any atom is 0.0773 e. The van der Waals surface area contributed by atoms with Crippen molar-refractivity contribution >= 4 is 16.5 Å². The highest BCUT2D eigenvalue weighted by Crippen LogP contribution is 2.28. The number of fused-ring (bicyclic) bond motifs is 1. The van der Waals surface area contributed by atoms with Crippen molar-refractivity contribution in [2.24, 2.45) is 0 Å². The third-order valence-corrected chi connectivity index (χ3v) is 4.32. The Labute approximate surface area is 146 Å². The molecule has 4 aromatic rings. The molecule has 0 aliphatic heterocycles. The van der Waals surface area contributed by atoms with E-state index in [0.717, 1.165) is 39.8 Å². The Hall–Kier alpha value is -3.27. The molecule has 0 bridgehead atoms. The van der Waals surface area contributed by atoms with Gasteiger partial charge >= 0.3 is 0 Å². The SMILES string of the molecule is Nc1cccc2c(Cc3ccccc3)nnc(Cc3ccncc3)c12. The standard InChI is InChI=1S/C21H18N4/c22-18-8-4-7-17-19(13-15-5-2-1-3-6-15)24-25-20(21(17)18)14-16-9-11-23-12-10-16/h1-12H,13-14,22H2. The van der Waals surface area contributed by atoms with Crippen LogP contribution in [0, 0.1) is 0 Å². The molecule has 0 atom stereocenters. The van der Waals surface area contributed by atoms with E-state index >= 15 is 0 Å². The molecule has 4 heteroatoms. The van der Waals surface area contributed by atoms with Gasteiger partial charge in [0.05, 0.1) is 11.4 Å². The highest BCUT2D eigenvalue weighted by molar-refractivity contribution is 5.96. The topological polar surface area (TPSA) is 64.7 Å². The summed E-state index contributed by atoms with van der Waals surface area (Å²) in [4.78, 5) is 4.07. The molecule has 2 N–H and O–H groups in total. The zero-order chi connectivity index (χ0) is 17.1. The number of rotatable bonds is 4. The van der Waals surface area contributed by atoms with Gasteiger partial charge in [0.1, 0.15) is 0 Å². The van der Waals surface area contributed by atoms with Gasteiger partial charge in [-0.1, -0.05) is 42.5 Å². The summed E-state index contributed by atoms with van der Waals surface area (Å²) in [6, 6.07) is 20.3. The number of benzene rings is 2. The van der Waals surface area contributed by atoms with E-state index in [2.05, 4.69) is 33.4 Å². The predicted octanol–water partition coefficient (Wildman–Crippen LogP) is 3.79. The van der Waals surface area contributed by atoms with Crippen molar-refractivity contribution in [2.75, 3.05) is 5.73 Å². The number of nitrogens with two attached hydrogens (primary N) is 1. The third-order valence-electron chi connectivity index (χ3n) is 4.32. The smallest absolute Gasteiger partial charge is 0.0773 e. The number of anilines is 1. The van der Waals surface area contributed by atoms with Crippen LogP contribution in [0.15, 0.2) is 73.1 Å². The Balaban J connectivity index is 1.80. The molecule has 25 heavy (non-hydrogen) atoms. The first kappa shape index (κ1) is 15.3. The fraction of sp³-hybridized carbons (Fsp3) is 0.0952. The van der Waals surface area contributed by atoms with E-state index in [-0.39, 0.29) is 0 Å². The molecule has 0 saturated heterocycles. The van der Waals surface area contributed by atoms with Crippen molar-refractivity contribution in [3.05, 3.63) is 95.6 Å². The Morgan fingerprint density at radius 2 is 1.36 bits per heavy atom. The van der Waals surface area contributed by atoms with Crippen LogP contribution in [0.25, 0.3) is 10.8 Å². The van der Waals surface area contributed by atoms with Crippen LogP contribution in [-0.2, 0) is 12.8 Å². The van der Waals surface area contributed by atoms with Crippen LogP contribution in [0.2, 0.25) is 0 Å². The number of aromatic nitrogens is 3. The van der Waals surface area contributed by atoms with Gasteiger partial charge in [0.2, 0.25) is 0 Å². The number of hydrogen-bond donors (Lipinski definition) is 1. The van der Waals surface area contributed by atoms with E-state index in [1.165, 1.54) is 5.56 Å². The van der Waals surface area contributed by atoms with Crippen LogP contribution in [-0.4, -0.2) is 15.2 Å². The second-order valence-electron chi connectivity index (χ2n) is 6.06. The van der Waals surface area contributed by atoms with Crippen LogP contribution < -0.4 is 5.73 Å². The number of nitrogens with zero attached hydrogens (tertiary/aromatic N) is 3. The van der Waals surface area contributed by atoms with Crippen molar-refractivity contribution in [3.8, 4) is 0 Å². The Morgan fingerprint density at radius 1 is 0.680 bits per heavy atom. The lowest BCUT2D eigenvalue weighted by Crippen LogP contribution is -2.04. The number of hydrogen-bond acceptors (Lipinski definition) is 4. The van der Waals surface area contributed by atoms with E-state index in [1.54, 1.807) is 12.4 Å². The maximum absolute atomic E-state index is 6.29. The Bertz CT molecular complexity index is 998. The van der Waals surface area contributed by atoms with Crippen LogP contribution in [0.1, 0.15) is 22.5 Å². The molecule has 0 aliphatic rings. The van der Waals surface area contributed by atoms with Crippen molar-refractivity contribution in [1.29, 1.82) is 0 Å². The number of pyridine rings is 1. The predicted molar refractivity (Wildman–Crippen MR) is 100 cm³/mol. The Kier molecular flexibility index (Phi) is 4.09. The fourth-order valence-electron chi connectivity index (χ4n) is 3.09. The molecule has 0 aliphatic carbocycles. The van der Waals surface area contributed by atoms with Crippen LogP contribution in [0.3, 0.4) is 0 Å². The molecule has 2 aromatic heterocycles. The minimum absolute atomic E-state index is 0.686. The summed E-state index contributed by atoms with van der Waals surface area (Å²) in [5, 5.41) is 11.1. The van der Waals surface area contributed by atoms with Crippen LogP contribution in [0.4, 0.5) is 5.69 Å². The molecule has 2 aromatic carbocycles. The summed E-state index contributed by atoms with van der Waals surface area (Å²) in [7, 11) is 0. The summed E-state index contributed by atoms with van der Waals surface area (Å²) in [6.45, 7) is 0. The molecule has 0 fully saturated rings. The average molecular weight is 326 g/mol. The van der Waals surface area contributed by atoms with Gasteiger partial charge in [0.15, 0.2) is 0 Å². The van der Waals surface area contributed by atoms with Gasteiger partial charge in [-0.2, -0.15) is 10.2 Å². The molecule has 0 saturated carbocycles. The first-order valence-electron chi connectivity index (χ1n) is 8.27. The summed E-state index contributed by atoms with van der Waals surface area (Å²) in [5.74, 6) is 0. The maximum atomic E-state index is 6.29. The molecule has 0 radical (unpaired) electrons. The second-order valence-corrected chi connectivity index (χ2v) is 6.06. The van der Waals surface area contributed by atoms with Gasteiger partial charge in [-0.05, 0) is 29.3 Å². The van der Waals surface area contributed by atoms with Crippen molar-refractivity contribution in [2.45, 2.75) is 12.8 Å². The quantitative estimate of drug-likeness (QED) is 0.580. The van der Waals surface area contributed by atoms with E-state index in [0.29, 0.717) is 6.42 Å². The Morgan fingerprint density at radius 3 is 2.16 bits per heavy atom. The first-order chi connectivity index (χ1) is 12.3. The summed E-state index contributed by atoms with van der Waals surface area (Å²) < 4.78 is 0. The van der Waals surface area contributed by atoms with E-state index in [4.69, 9.17) is 5.73 Å². The highest BCUT2D eigenvalue weighted by Gasteiger charge is 2.13. The lowest BCUT2D eigenvalue weighted by atomic mass is 9.99. The molecule has 0 amide bonds. The summed E-state index contributed by atoms with van der Waals surface area (Å²) >= 11 is 0. The molecular weight excluding hydrogens is 308 g/mol. The second kappa shape index (κ2) is 6.69. The van der Waals surface area contributed by atoms with E-state index in [1.807, 2.05) is 42.5 Å². The van der Waals surface area contributed by atoms with E-state index in [9.17, 15) is 0 Å². The summed E-state index contributed by atoms with van der Waals surface area (Å²) in [6.07, 6.45) is 5.01. The molecular formula is C21H18N4. The lowest BCUT2D eigenvalue weighted by Gasteiger charge is -2.11. The molecule has 4 nitrogen and oxygen atoms in total. The van der Waals surface area contributed by atoms with Gasteiger partial charge in [0.25, 0.3) is 0 Å². The van der Waals surface area contributed by atoms with Gasteiger partial charge < -0.3 is 5.73 Å². The minimum Gasteiger partial charge on any atom is -0.398 e. The van der Waals surface area contributed by atoms with Crippen molar-refractivity contribution in [3.63, 3.8) is 0 Å². The van der Waals surface area contributed by atoms with Crippen LogP contribution >= 0.6 is 0 Å². The van der Waals surface area contributed by atoms with Crippen LogP contribution in [0.5, 0.6) is 0 Å². The van der Waals surface area contributed by atoms with Crippen molar-refractivity contribution in [1.82, 2.24) is 15.2 Å². The van der Waals surface area contributed by atoms with Gasteiger partial charge in [-0.15, -0.1) is 0 Å². The molecule has 4 rings (SSSR count). The van der Waals surface area contributed by atoms with Crippen molar-refractivity contribution < 1.29 is 0 Å². The zero-order valence-corrected chi connectivity index (χ0v) is 13.8. The normalized spacial score (nSPS) is 10.9. The third kappa shape index (κ3) is 3.19. The summed E-state index contributed by atoms with van der Waals surface area (Å²) in [5.41, 5.74) is 11.2. The molecule has 0 unspecified atom stereocenters. The minimum atomic E-state index is 0.686. The average Bonchev–Trinajstić information content (AvgIpc) is 2.65. The first-order valence-corrected chi connectivity index (χ1v) is 8.27. The lowest BCUT2D eigenvalue weighted by molar-refractivity contribution is 0.905. The molecule has 2 heterocycles. The number of nitrogen functional groups attached to an aromatic ring is 1. The van der Waals surface area contributed by atoms with Gasteiger partial charge in [-0.25, -0.2) is 0 Å². The monoisotopic (exact) mass is 326 g/mol. The zero-order valence-electron chi connectivity index (χ0n) is 13.8. The van der Waals surface area contributed by atoms with Gasteiger partial charge in [0, 0.05) is 41.7 Å². The largest absolute Gasteiger partial charge is 0.398 e.